The van der Waals surface area contributed by atoms with Crippen LogP contribution in [0.1, 0.15) is 25.7 Å². The summed E-state index contributed by atoms with van der Waals surface area (Å²) in [5, 5.41) is 3.05. The monoisotopic (exact) mass is 373 g/mol. The van der Waals surface area contributed by atoms with E-state index in [-0.39, 0.29) is 17.4 Å². The summed E-state index contributed by atoms with van der Waals surface area (Å²) >= 11 is 1.63. The molecule has 3 amide bonds. The maximum absolute atomic E-state index is 12.7. The Hall–Kier alpha value is -1.95. The van der Waals surface area contributed by atoms with Crippen LogP contribution in [0.15, 0.2) is 41.8 Å². The number of hydrogen-bond acceptors (Lipinski definition) is 3. The summed E-state index contributed by atoms with van der Waals surface area (Å²) < 4.78 is 0. The van der Waals surface area contributed by atoms with Crippen LogP contribution in [0.2, 0.25) is 0 Å². The van der Waals surface area contributed by atoms with Crippen molar-refractivity contribution in [3.63, 3.8) is 0 Å². The molecule has 0 unspecified atom stereocenters. The molecule has 3 rings (SSSR count). The Morgan fingerprint density at radius 1 is 1.31 bits per heavy atom. The van der Waals surface area contributed by atoms with Crippen molar-refractivity contribution in [2.75, 3.05) is 37.8 Å². The van der Waals surface area contributed by atoms with E-state index in [9.17, 15) is 9.59 Å². The molecule has 0 bridgehead atoms. The number of carbonyl (C=O) groups excluding carboxylic acids is 2. The van der Waals surface area contributed by atoms with E-state index >= 15 is 0 Å². The van der Waals surface area contributed by atoms with E-state index in [2.05, 4.69) is 11.9 Å². The molecule has 6 heteroatoms. The zero-order valence-electron chi connectivity index (χ0n) is 15.4. The topological polar surface area (TPSA) is 52.7 Å². The van der Waals surface area contributed by atoms with Gasteiger partial charge in [-0.05, 0) is 43.1 Å². The third-order valence-electron chi connectivity index (χ3n) is 5.56. The van der Waals surface area contributed by atoms with Crippen LogP contribution in [-0.2, 0) is 4.79 Å². The van der Waals surface area contributed by atoms with Crippen LogP contribution < -0.4 is 5.32 Å². The fraction of sp³-hybridized carbons (Fsp3) is 0.500. The van der Waals surface area contributed by atoms with Crippen molar-refractivity contribution >= 4 is 29.4 Å². The first-order chi connectivity index (χ1) is 12.6. The Morgan fingerprint density at radius 2 is 2.04 bits per heavy atom. The molecule has 2 heterocycles. The largest absolute Gasteiger partial charge is 0.338 e. The van der Waals surface area contributed by atoms with Crippen LogP contribution >= 0.6 is 11.8 Å². The van der Waals surface area contributed by atoms with Gasteiger partial charge in [-0.3, -0.25) is 4.79 Å². The number of nitrogens with zero attached hydrogens (tertiary/aromatic N) is 2. The van der Waals surface area contributed by atoms with Gasteiger partial charge in [-0.1, -0.05) is 18.2 Å². The maximum Gasteiger partial charge on any atom is 0.321 e. The lowest BCUT2D eigenvalue weighted by Gasteiger charge is -2.47. The van der Waals surface area contributed by atoms with Crippen molar-refractivity contribution in [2.45, 2.75) is 30.6 Å². The van der Waals surface area contributed by atoms with E-state index in [1.807, 2.05) is 40.3 Å². The molecule has 1 N–H and O–H groups in total. The first-order valence-electron chi connectivity index (χ1n) is 9.14. The van der Waals surface area contributed by atoms with Gasteiger partial charge >= 0.3 is 6.03 Å². The molecule has 0 saturated carbocycles. The molecule has 1 aromatic carbocycles. The van der Waals surface area contributed by atoms with Gasteiger partial charge in [0.2, 0.25) is 5.91 Å². The average Bonchev–Trinajstić information content (AvgIpc) is 2.66. The molecule has 0 aliphatic carbocycles. The first kappa shape index (κ1) is 18.8. The van der Waals surface area contributed by atoms with Gasteiger partial charge < -0.3 is 15.1 Å². The van der Waals surface area contributed by atoms with E-state index < -0.39 is 0 Å². The molecule has 5 nitrogen and oxygen atoms in total. The van der Waals surface area contributed by atoms with Crippen molar-refractivity contribution in [3.05, 3.63) is 36.9 Å². The van der Waals surface area contributed by atoms with E-state index in [4.69, 9.17) is 0 Å². The summed E-state index contributed by atoms with van der Waals surface area (Å²) in [6.45, 7) is 6.65. The second kappa shape index (κ2) is 8.16. The number of amides is 3. The van der Waals surface area contributed by atoms with E-state index in [0.29, 0.717) is 13.0 Å². The van der Waals surface area contributed by atoms with Crippen molar-refractivity contribution in [1.29, 1.82) is 0 Å². The standard InChI is InChI=1S/C20H27N3O2S/c1-3-12-23-15-20(9-8-18(23)24)10-13-22(14-11-20)19(25)21-16-6-4-5-7-17(16)26-2/h3-7H,1,8-15H2,2H3,(H,21,25). The molecule has 26 heavy (non-hydrogen) atoms. The number of thioether (sulfide) groups is 1. The Bertz CT molecular complexity index is 683. The number of urea groups is 1. The van der Waals surface area contributed by atoms with Crippen molar-refractivity contribution in [2.24, 2.45) is 5.41 Å². The lowest BCUT2D eigenvalue weighted by Crippen LogP contribution is -2.52. The number of nitrogens with one attached hydrogen (secondary N) is 1. The number of carbonyl (C=O) groups is 2. The molecule has 140 valence electrons. The smallest absolute Gasteiger partial charge is 0.321 e. The van der Waals surface area contributed by atoms with Crippen LogP contribution in [0.3, 0.4) is 0 Å². The maximum atomic E-state index is 12.7. The average molecular weight is 374 g/mol. The summed E-state index contributed by atoms with van der Waals surface area (Å²) in [5.41, 5.74) is 1.02. The minimum absolute atomic E-state index is 0.0313. The number of para-hydroxylation sites is 1. The van der Waals surface area contributed by atoms with Gasteiger partial charge in [-0.15, -0.1) is 18.3 Å². The quantitative estimate of drug-likeness (QED) is 0.645. The van der Waals surface area contributed by atoms with Gasteiger partial charge in [0.1, 0.15) is 0 Å². The van der Waals surface area contributed by atoms with E-state index in [0.717, 1.165) is 49.5 Å². The Morgan fingerprint density at radius 3 is 2.73 bits per heavy atom. The predicted molar refractivity (Wildman–Crippen MR) is 106 cm³/mol. The van der Waals surface area contributed by atoms with Crippen LogP contribution in [-0.4, -0.2) is 54.2 Å². The minimum atomic E-state index is -0.0313. The molecule has 1 aromatic rings. The first-order valence-corrected chi connectivity index (χ1v) is 10.4. The molecular formula is C20H27N3O2S. The highest BCUT2D eigenvalue weighted by molar-refractivity contribution is 7.98. The zero-order valence-corrected chi connectivity index (χ0v) is 16.2. The summed E-state index contributed by atoms with van der Waals surface area (Å²) in [6.07, 6.45) is 7.25. The Balaban J connectivity index is 1.58. The van der Waals surface area contributed by atoms with Crippen molar-refractivity contribution in [3.8, 4) is 0 Å². The lowest BCUT2D eigenvalue weighted by molar-refractivity contribution is -0.138. The minimum Gasteiger partial charge on any atom is -0.338 e. The molecule has 0 atom stereocenters. The highest BCUT2D eigenvalue weighted by Gasteiger charge is 2.41. The third kappa shape index (κ3) is 4.06. The zero-order chi connectivity index (χ0) is 18.6. The predicted octanol–water partition coefficient (Wildman–Crippen LogP) is 3.83. The van der Waals surface area contributed by atoms with Gasteiger partial charge in [0.05, 0.1) is 5.69 Å². The van der Waals surface area contributed by atoms with Crippen LogP contribution in [0, 0.1) is 5.41 Å². The fourth-order valence-electron chi connectivity index (χ4n) is 3.96. The SMILES string of the molecule is C=CCN1CC2(CCC1=O)CCN(C(=O)Nc1ccccc1SC)CC2. The lowest BCUT2D eigenvalue weighted by atomic mass is 9.72. The van der Waals surface area contributed by atoms with E-state index in [1.54, 1.807) is 17.8 Å². The summed E-state index contributed by atoms with van der Waals surface area (Å²) in [6, 6.07) is 7.84. The molecule has 0 radical (unpaired) electrons. The van der Waals surface area contributed by atoms with Crippen LogP contribution in [0.4, 0.5) is 10.5 Å². The number of anilines is 1. The Kier molecular flexibility index (Phi) is 5.91. The summed E-state index contributed by atoms with van der Waals surface area (Å²) in [5.74, 6) is 0.226. The molecule has 2 aliphatic rings. The second-order valence-corrected chi connectivity index (χ2v) is 8.03. The number of benzene rings is 1. The van der Waals surface area contributed by atoms with Gasteiger partial charge in [0, 0.05) is 37.5 Å². The van der Waals surface area contributed by atoms with Gasteiger partial charge in [0.15, 0.2) is 0 Å². The number of likely N-dealkylation sites (tertiary alicyclic amines) is 2. The molecule has 2 saturated heterocycles. The number of rotatable bonds is 4. The van der Waals surface area contributed by atoms with Crippen LogP contribution in [0.25, 0.3) is 0 Å². The van der Waals surface area contributed by atoms with Crippen LogP contribution in [0.5, 0.6) is 0 Å². The summed E-state index contributed by atoms with van der Waals surface area (Å²) in [4.78, 5) is 29.6. The van der Waals surface area contributed by atoms with Crippen molar-refractivity contribution in [1.82, 2.24) is 9.80 Å². The normalized spacial score (nSPS) is 19.5. The second-order valence-electron chi connectivity index (χ2n) is 7.18. The molecule has 2 fully saturated rings. The van der Waals surface area contributed by atoms with Gasteiger partial charge in [-0.25, -0.2) is 4.79 Å². The number of hydrogen-bond donors (Lipinski definition) is 1. The number of piperidine rings is 2. The Labute approximate surface area is 159 Å². The molecule has 1 spiro atoms. The van der Waals surface area contributed by atoms with Gasteiger partial charge in [-0.2, -0.15) is 0 Å². The van der Waals surface area contributed by atoms with Gasteiger partial charge in [0.25, 0.3) is 0 Å². The van der Waals surface area contributed by atoms with Crippen molar-refractivity contribution < 1.29 is 9.59 Å². The molecular weight excluding hydrogens is 346 g/mol. The summed E-state index contributed by atoms with van der Waals surface area (Å²) in [7, 11) is 0. The highest BCUT2D eigenvalue weighted by Crippen LogP contribution is 2.40. The highest BCUT2D eigenvalue weighted by atomic mass is 32.2. The van der Waals surface area contributed by atoms with E-state index in [1.165, 1.54) is 0 Å². The third-order valence-corrected chi connectivity index (χ3v) is 6.35. The molecule has 2 aliphatic heterocycles. The fourth-order valence-corrected chi connectivity index (χ4v) is 4.51. The molecule has 0 aromatic heterocycles.